The zero-order valence-corrected chi connectivity index (χ0v) is 9.56. The Morgan fingerprint density at radius 1 is 1.28 bits per heavy atom. The topological polar surface area (TPSA) is 68.0 Å². The fourth-order valence-corrected chi connectivity index (χ4v) is 1.60. The summed E-state index contributed by atoms with van der Waals surface area (Å²) in [6, 6.07) is 9.91. The number of nitrogens with two attached hydrogens (primary N) is 1. The fourth-order valence-electron chi connectivity index (χ4n) is 1.60. The van der Waals surface area contributed by atoms with Crippen LogP contribution in [0.25, 0.3) is 11.1 Å². The first-order valence-corrected chi connectivity index (χ1v) is 5.39. The Balaban J connectivity index is 2.21. The monoisotopic (exact) mass is 245 g/mol. The van der Waals surface area contributed by atoms with Crippen molar-refractivity contribution in [2.75, 3.05) is 0 Å². The number of pyridine rings is 1. The molecule has 4 nitrogen and oxygen atoms in total. The molecule has 0 bridgehead atoms. The third-order valence-corrected chi connectivity index (χ3v) is 2.45. The number of halogens is 1. The molecule has 0 aliphatic carbocycles. The molecule has 0 saturated carbocycles. The molecule has 2 rings (SSSR count). The lowest BCUT2D eigenvalue weighted by molar-refractivity contribution is 0.248. The number of benzene rings is 1. The molecule has 0 aliphatic rings. The molecule has 1 heterocycles. The van der Waals surface area contributed by atoms with Gasteiger partial charge in [-0.2, -0.15) is 4.39 Å². The Morgan fingerprint density at radius 3 is 2.78 bits per heavy atom. The maximum atomic E-state index is 12.7. The number of hydrogen-bond donors (Lipinski definition) is 2. The zero-order valence-electron chi connectivity index (χ0n) is 9.56. The van der Waals surface area contributed by atoms with Crippen molar-refractivity contribution in [3.63, 3.8) is 0 Å². The van der Waals surface area contributed by atoms with E-state index in [1.54, 1.807) is 6.07 Å². The number of primary amides is 1. The van der Waals surface area contributed by atoms with E-state index in [9.17, 15) is 9.18 Å². The summed E-state index contributed by atoms with van der Waals surface area (Å²) in [4.78, 5) is 14.2. The number of hydrogen-bond acceptors (Lipinski definition) is 2. The molecular formula is C13H12FN3O. The summed E-state index contributed by atoms with van der Waals surface area (Å²) in [6.07, 6.45) is 1.47. The van der Waals surface area contributed by atoms with Gasteiger partial charge >= 0.3 is 6.03 Å². The maximum Gasteiger partial charge on any atom is 0.312 e. The third-order valence-electron chi connectivity index (χ3n) is 2.45. The molecule has 92 valence electrons. The van der Waals surface area contributed by atoms with Gasteiger partial charge in [0.05, 0.1) is 0 Å². The van der Waals surface area contributed by atoms with Crippen molar-refractivity contribution in [2.45, 2.75) is 6.54 Å². The van der Waals surface area contributed by atoms with Crippen LogP contribution in [0, 0.1) is 5.95 Å². The molecule has 0 radical (unpaired) electrons. The van der Waals surface area contributed by atoms with Crippen LogP contribution < -0.4 is 11.1 Å². The van der Waals surface area contributed by atoms with Crippen LogP contribution >= 0.6 is 0 Å². The molecule has 0 spiro atoms. The van der Waals surface area contributed by atoms with Crippen molar-refractivity contribution in [3.05, 3.63) is 54.1 Å². The van der Waals surface area contributed by atoms with Gasteiger partial charge in [-0.1, -0.05) is 18.2 Å². The van der Waals surface area contributed by atoms with Gasteiger partial charge < -0.3 is 11.1 Å². The first kappa shape index (κ1) is 12.0. The molecular weight excluding hydrogens is 233 g/mol. The Hall–Kier alpha value is -2.43. The molecule has 0 unspecified atom stereocenters. The summed E-state index contributed by atoms with van der Waals surface area (Å²) < 4.78 is 12.7. The summed E-state index contributed by atoms with van der Waals surface area (Å²) in [5.41, 5.74) is 7.64. The lowest BCUT2D eigenvalue weighted by Crippen LogP contribution is -2.28. The summed E-state index contributed by atoms with van der Waals surface area (Å²) in [6.45, 7) is 0.359. The van der Waals surface area contributed by atoms with Crippen LogP contribution in [0.2, 0.25) is 0 Å². The van der Waals surface area contributed by atoms with Crippen LogP contribution in [0.3, 0.4) is 0 Å². The summed E-state index contributed by atoms with van der Waals surface area (Å²) in [5.74, 6) is -0.509. The summed E-state index contributed by atoms with van der Waals surface area (Å²) in [5, 5.41) is 2.51. The van der Waals surface area contributed by atoms with Gasteiger partial charge in [-0.25, -0.2) is 9.78 Å². The number of rotatable bonds is 3. The average molecular weight is 245 g/mol. The molecule has 0 saturated heterocycles. The van der Waals surface area contributed by atoms with Gasteiger partial charge in [0.25, 0.3) is 0 Å². The van der Waals surface area contributed by atoms with Gasteiger partial charge in [0.1, 0.15) is 0 Å². The van der Waals surface area contributed by atoms with Crippen molar-refractivity contribution < 1.29 is 9.18 Å². The molecule has 2 amide bonds. The first-order chi connectivity index (χ1) is 8.65. The fraction of sp³-hybridized carbons (Fsp3) is 0.0769. The first-order valence-electron chi connectivity index (χ1n) is 5.39. The van der Waals surface area contributed by atoms with E-state index in [-0.39, 0.29) is 0 Å². The van der Waals surface area contributed by atoms with E-state index in [2.05, 4.69) is 10.3 Å². The minimum atomic E-state index is -0.566. The molecule has 0 fully saturated rings. The van der Waals surface area contributed by atoms with Gasteiger partial charge in [-0.15, -0.1) is 0 Å². The predicted molar refractivity (Wildman–Crippen MR) is 66.1 cm³/mol. The Labute approximate surface area is 104 Å². The highest BCUT2D eigenvalue weighted by molar-refractivity contribution is 5.71. The Morgan fingerprint density at radius 2 is 2.11 bits per heavy atom. The molecule has 3 N–H and O–H groups in total. The van der Waals surface area contributed by atoms with Crippen molar-refractivity contribution in [3.8, 4) is 11.1 Å². The number of carbonyl (C=O) groups is 1. The van der Waals surface area contributed by atoms with Crippen molar-refractivity contribution >= 4 is 6.03 Å². The molecule has 5 heteroatoms. The van der Waals surface area contributed by atoms with Crippen LogP contribution in [0.1, 0.15) is 5.56 Å². The quantitative estimate of drug-likeness (QED) is 0.813. The number of amides is 2. The van der Waals surface area contributed by atoms with E-state index in [4.69, 9.17) is 5.73 Å². The van der Waals surface area contributed by atoms with E-state index in [0.717, 1.165) is 16.7 Å². The van der Waals surface area contributed by atoms with E-state index >= 15 is 0 Å². The van der Waals surface area contributed by atoms with E-state index in [1.807, 2.05) is 24.3 Å². The van der Waals surface area contributed by atoms with Gasteiger partial charge in [0.2, 0.25) is 5.95 Å². The van der Waals surface area contributed by atoms with Crippen molar-refractivity contribution in [2.24, 2.45) is 5.73 Å². The van der Waals surface area contributed by atoms with Crippen LogP contribution in [0.4, 0.5) is 9.18 Å². The van der Waals surface area contributed by atoms with Gasteiger partial charge in [-0.3, -0.25) is 0 Å². The molecule has 0 aliphatic heterocycles. The molecule has 0 atom stereocenters. The van der Waals surface area contributed by atoms with Gasteiger partial charge in [0, 0.05) is 18.3 Å². The lowest BCUT2D eigenvalue weighted by Gasteiger charge is -2.05. The molecule has 1 aromatic heterocycles. The highest BCUT2D eigenvalue weighted by Gasteiger charge is 2.01. The maximum absolute atomic E-state index is 12.7. The second-order valence-corrected chi connectivity index (χ2v) is 3.79. The highest BCUT2D eigenvalue weighted by Crippen LogP contribution is 2.19. The minimum absolute atomic E-state index is 0.359. The smallest absolute Gasteiger partial charge is 0.312 e. The second-order valence-electron chi connectivity index (χ2n) is 3.79. The van der Waals surface area contributed by atoms with E-state index in [0.29, 0.717) is 6.54 Å². The van der Waals surface area contributed by atoms with Crippen LogP contribution in [0.15, 0.2) is 42.6 Å². The minimum Gasteiger partial charge on any atom is -0.352 e. The molecule has 1 aromatic carbocycles. The summed E-state index contributed by atoms with van der Waals surface area (Å²) >= 11 is 0. The number of aromatic nitrogens is 1. The second kappa shape index (κ2) is 5.27. The molecule has 2 aromatic rings. The number of urea groups is 1. The van der Waals surface area contributed by atoms with Gasteiger partial charge in [-0.05, 0) is 29.3 Å². The number of nitrogens with zero attached hydrogens (tertiary/aromatic N) is 1. The predicted octanol–water partition coefficient (Wildman–Crippen LogP) is 2.06. The van der Waals surface area contributed by atoms with Crippen LogP contribution in [-0.2, 0) is 6.54 Å². The van der Waals surface area contributed by atoms with Crippen LogP contribution in [-0.4, -0.2) is 11.0 Å². The van der Waals surface area contributed by atoms with Crippen molar-refractivity contribution in [1.82, 2.24) is 10.3 Å². The largest absolute Gasteiger partial charge is 0.352 e. The summed E-state index contributed by atoms with van der Waals surface area (Å²) in [7, 11) is 0. The average Bonchev–Trinajstić information content (AvgIpc) is 2.37. The molecule has 18 heavy (non-hydrogen) atoms. The normalized spacial score (nSPS) is 10.1. The SMILES string of the molecule is NC(=O)NCc1cccc(-c2ccc(F)nc2)c1. The van der Waals surface area contributed by atoms with Crippen molar-refractivity contribution in [1.29, 1.82) is 0 Å². The Kier molecular flexibility index (Phi) is 3.52. The lowest BCUT2D eigenvalue weighted by atomic mass is 10.0. The third kappa shape index (κ3) is 3.04. The standard InChI is InChI=1S/C13H12FN3O/c14-12-5-4-11(8-16-12)10-3-1-2-9(6-10)7-17-13(15)18/h1-6,8H,7H2,(H3,15,17,18). The van der Waals surface area contributed by atoms with Crippen LogP contribution in [0.5, 0.6) is 0 Å². The number of nitrogens with one attached hydrogen (secondary N) is 1. The Bertz CT molecular complexity index is 554. The highest BCUT2D eigenvalue weighted by atomic mass is 19.1. The van der Waals surface area contributed by atoms with E-state index < -0.39 is 12.0 Å². The van der Waals surface area contributed by atoms with E-state index in [1.165, 1.54) is 12.3 Å². The zero-order chi connectivity index (χ0) is 13.0. The number of carbonyl (C=O) groups excluding carboxylic acids is 1. The van der Waals surface area contributed by atoms with Gasteiger partial charge in [0.15, 0.2) is 0 Å².